The van der Waals surface area contributed by atoms with Crippen LogP contribution in [0.1, 0.15) is 26.7 Å². The van der Waals surface area contributed by atoms with Crippen molar-refractivity contribution in [2.75, 3.05) is 33.9 Å². The standard InChI is InChI=1S/C13H26N2O3/c1-10(2)14-7-5-6-13(16)15-8-11(17-3)12(9-15)18-4/h10-12,14H,5-9H2,1-4H3. The normalized spacial score (nSPS) is 23.9. The first-order valence-corrected chi connectivity index (χ1v) is 6.65. The van der Waals surface area contributed by atoms with Crippen LogP contribution in [-0.4, -0.2) is 62.9 Å². The third-order valence-electron chi connectivity index (χ3n) is 3.29. The van der Waals surface area contributed by atoms with E-state index in [1.54, 1.807) is 14.2 Å². The van der Waals surface area contributed by atoms with Crippen LogP contribution in [0.25, 0.3) is 0 Å². The monoisotopic (exact) mass is 258 g/mol. The van der Waals surface area contributed by atoms with Gasteiger partial charge in [0.15, 0.2) is 0 Å². The Morgan fingerprint density at radius 2 is 1.83 bits per heavy atom. The van der Waals surface area contributed by atoms with Crippen LogP contribution in [0.15, 0.2) is 0 Å². The molecule has 1 rings (SSSR count). The van der Waals surface area contributed by atoms with Gasteiger partial charge in [0.2, 0.25) is 5.91 Å². The fourth-order valence-corrected chi connectivity index (χ4v) is 2.19. The average Bonchev–Trinajstić information content (AvgIpc) is 2.77. The lowest BCUT2D eigenvalue weighted by Gasteiger charge is -2.16. The Morgan fingerprint density at radius 3 is 2.28 bits per heavy atom. The molecule has 0 spiro atoms. The summed E-state index contributed by atoms with van der Waals surface area (Å²) in [7, 11) is 3.33. The highest BCUT2D eigenvalue weighted by Crippen LogP contribution is 2.16. The Labute approximate surface area is 110 Å². The van der Waals surface area contributed by atoms with Crippen molar-refractivity contribution in [2.45, 2.75) is 44.9 Å². The second kappa shape index (κ2) is 7.71. The minimum absolute atomic E-state index is 0.00717. The van der Waals surface area contributed by atoms with Crippen LogP contribution in [0.3, 0.4) is 0 Å². The summed E-state index contributed by atoms with van der Waals surface area (Å²) in [5, 5.41) is 3.31. The second-order valence-corrected chi connectivity index (χ2v) is 5.06. The first-order valence-electron chi connectivity index (χ1n) is 6.65. The zero-order valence-corrected chi connectivity index (χ0v) is 11.9. The van der Waals surface area contributed by atoms with Crippen LogP contribution in [0.5, 0.6) is 0 Å². The van der Waals surface area contributed by atoms with Gasteiger partial charge in [0, 0.05) is 39.8 Å². The summed E-state index contributed by atoms with van der Waals surface area (Å²) in [6.45, 7) is 6.39. The van der Waals surface area contributed by atoms with Crippen molar-refractivity contribution in [3.8, 4) is 0 Å². The van der Waals surface area contributed by atoms with Gasteiger partial charge >= 0.3 is 0 Å². The number of likely N-dealkylation sites (tertiary alicyclic amines) is 1. The van der Waals surface area contributed by atoms with E-state index in [-0.39, 0.29) is 18.1 Å². The van der Waals surface area contributed by atoms with Crippen LogP contribution in [0, 0.1) is 0 Å². The highest BCUT2D eigenvalue weighted by molar-refractivity contribution is 5.76. The minimum atomic E-state index is 0.00717. The maximum atomic E-state index is 12.0. The summed E-state index contributed by atoms with van der Waals surface area (Å²) >= 11 is 0. The molecule has 106 valence electrons. The number of nitrogens with one attached hydrogen (secondary N) is 1. The maximum absolute atomic E-state index is 12.0. The number of carbonyl (C=O) groups excluding carboxylic acids is 1. The fourth-order valence-electron chi connectivity index (χ4n) is 2.19. The predicted octanol–water partition coefficient (Wildman–Crippen LogP) is 0.637. The molecule has 5 nitrogen and oxygen atoms in total. The van der Waals surface area contributed by atoms with E-state index in [0.29, 0.717) is 25.6 Å². The van der Waals surface area contributed by atoms with Gasteiger partial charge in [-0.1, -0.05) is 13.8 Å². The smallest absolute Gasteiger partial charge is 0.222 e. The topological polar surface area (TPSA) is 50.8 Å². The zero-order chi connectivity index (χ0) is 13.5. The summed E-state index contributed by atoms with van der Waals surface area (Å²) < 4.78 is 10.6. The third-order valence-corrected chi connectivity index (χ3v) is 3.29. The van der Waals surface area contributed by atoms with E-state index in [1.807, 2.05) is 4.90 Å². The largest absolute Gasteiger partial charge is 0.377 e. The molecule has 0 aromatic carbocycles. The molecule has 1 aliphatic heterocycles. The van der Waals surface area contributed by atoms with E-state index in [9.17, 15) is 4.79 Å². The van der Waals surface area contributed by atoms with Gasteiger partial charge in [0.05, 0.1) is 0 Å². The Morgan fingerprint density at radius 1 is 1.28 bits per heavy atom. The van der Waals surface area contributed by atoms with Crippen molar-refractivity contribution in [2.24, 2.45) is 0 Å². The molecule has 1 saturated heterocycles. The summed E-state index contributed by atoms with van der Waals surface area (Å²) in [5.74, 6) is 0.196. The van der Waals surface area contributed by atoms with Gasteiger partial charge < -0.3 is 19.7 Å². The SMILES string of the molecule is COC1CN(C(=O)CCCNC(C)C)CC1OC. The number of rotatable bonds is 7. The number of hydrogen-bond donors (Lipinski definition) is 1. The number of nitrogens with zero attached hydrogens (tertiary/aromatic N) is 1. The molecular weight excluding hydrogens is 232 g/mol. The molecule has 2 atom stereocenters. The fraction of sp³-hybridized carbons (Fsp3) is 0.923. The second-order valence-electron chi connectivity index (χ2n) is 5.06. The summed E-state index contributed by atoms with van der Waals surface area (Å²) in [4.78, 5) is 13.8. The zero-order valence-electron chi connectivity index (χ0n) is 11.9. The molecule has 0 aliphatic carbocycles. The highest BCUT2D eigenvalue weighted by Gasteiger charge is 2.34. The molecule has 0 radical (unpaired) electrons. The quantitative estimate of drug-likeness (QED) is 0.681. The molecule has 0 aromatic rings. The lowest BCUT2D eigenvalue weighted by molar-refractivity contribution is -0.130. The van der Waals surface area contributed by atoms with Crippen molar-refractivity contribution in [1.29, 1.82) is 0 Å². The first-order chi connectivity index (χ1) is 8.58. The number of methoxy groups -OCH3 is 2. The molecule has 1 heterocycles. The van der Waals surface area contributed by atoms with Crippen molar-refractivity contribution in [1.82, 2.24) is 10.2 Å². The average molecular weight is 258 g/mol. The molecule has 1 amide bonds. The Bertz CT molecular complexity index is 247. The van der Waals surface area contributed by atoms with Crippen LogP contribution < -0.4 is 5.32 Å². The summed E-state index contributed by atoms with van der Waals surface area (Å²) in [5.41, 5.74) is 0. The van der Waals surface area contributed by atoms with E-state index in [1.165, 1.54) is 0 Å². The number of hydrogen-bond acceptors (Lipinski definition) is 4. The Balaban J connectivity index is 2.26. The van der Waals surface area contributed by atoms with Crippen LogP contribution in [0.4, 0.5) is 0 Å². The minimum Gasteiger partial charge on any atom is -0.377 e. The molecule has 1 N–H and O–H groups in total. The van der Waals surface area contributed by atoms with E-state index < -0.39 is 0 Å². The van der Waals surface area contributed by atoms with E-state index in [4.69, 9.17) is 9.47 Å². The molecule has 2 unspecified atom stereocenters. The Hall–Kier alpha value is -0.650. The Kier molecular flexibility index (Phi) is 6.60. The van der Waals surface area contributed by atoms with Gasteiger partial charge in [-0.15, -0.1) is 0 Å². The van der Waals surface area contributed by atoms with Crippen molar-refractivity contribution in [3.63, 3.8) is 0 Å². The molecule has 0 bridgehead atoms. The molecule has 5 heteroatoms. The van der Waals surface area contributed by atoms with Crippen molar-refractivity contribution < 1.29 is 14.3 Å². The summed E-state index contributed by atoms with van der Waals surface area (Å²) in [6, 6.07) is 0.475. The van der Waals surface area contributed by atoms with Gasteiger partial charge in [0.1, 0.15) is 12.2 Å². The highest BCUT2D eigenvalue weighted by atomic mass is 16.5. The molecule has 0 aromatic heterocycles. The van der Waals surface area contributed by atoms with Crippen molar-refractivity contribution in [3.05, 3.63) is 0 Å². The van der Waals surface area contributed by atoms with Gasteiger partial charge in [-0.25, -0.2) is 0 Å². The number of ether oxygens (including phenoxy) is 2. The summed E-state index contributed by atoms with van der Waals surface area (Å²) in [6.07, 6.45) is 1.48. The van der Waals surface area contributed by atoms with E-state index >= 15 is 0 Å². The van der Waals surface area contributed by atoms with Gasteiger partial charge in [-0.2, -0.15) is 0 Å². The molecular formula is C13H26N2O3. The van der Waals surface area contributed by atoms with E-state index in [0.717, 1.165) is 13.0 Å². The lowest BCUT2D eigenvalue weighted by Crippen LogP contribution is -2.31. The number of amides is 1. The third kappa shape index (κ3) is 4.55. The van der Waals surface area contributed by atoms with Crippen LogP contribution in [-0.2, 0) is 14.3 Å². The molecule has 1 aliphatic rings. The molecule has 18 heavy (non-hydrogen) atoms. The van der Waals surface area contributed by atoms with Gasteiger partial charge in [-0.05, 0) is 13.0 Å². The van der Waals surface area contributed by atoms with Crippen LogP contribution in [0.2, 0.25) is 0 Å². The van der Waals surface area contributed by atoms with Gasteiger partial charge in [0.25, 0.3) is 0 Å². The van der Waals surface area contributed by atoms with E-state index in [2.05, 4.69) is 19.2 Å². The van der Waals surface area contributed by atoms with Gasteiger partial charge in [-0.3, -0.25) is 4.79 Å². The van der Waals surface area contributed by atoms with Crippen molar-refractivity contribution >= 4 is 5.91 Å². The lowest BCUT2D eigenvalue weighted by atomic mass is 10.2. The predicted molar refractivity (Wildman–Crippen MR) is 70.5 cm³/mol. The maximum Gasteiger partial charge on any atom is 0.222 e. The molecule has 1 fully saturated rings. The first kappa shape index (κ1) is 15.4. The molecule has 0 saturated carbocycles. The number of carbonyl (C=O) groups is 1. The van der Waals surface area contributed by atoms with Crippen LogP contribution >= 0.6 is 0 Å².